The highest BCUT2D eigenvalue weighted by molar-refractivity contribution is 7.98. The maximum Gasteiger partial charge on any atom is 0.325 e. The minimum absolute atomic E-state index is 0.178. The van der Waals surface area contributed by atoms with Crippen LogP contribution in [-0.4, -0.2) is 30.2 Å². The van der Waals surface area contributed by atoms with Gasteiger partial charge >= 0.3 is 5.97 Å². The Bertz CT molecular complexity index is 665. The topological polar surface area (TPSA) is 81.4 Å². The lowest BCUT2D eigenvalue weighted by atomic mass is 10.2. The number of nitrogens with one attached hydrogen (secondary N) is 1. The molecule has 2 rings (SSSR count). The second-order valence-corrected chi connectivity index (χ2v) is 6.50. The van der Waals surface area contributed by atoms with Crippen molar-refractivity contribution in [2.45, 2.75) is 18.4 Å². The predicted molar refractivity (Wildman–Crippen MR) is 99.8 cm³/mol. The van der Waals surface area contributed by atoms with Crippen LogP contribution in [0.3, 0.4) is 0 Å². The highest BCUT2D eigenvalue weighted by Crippen LogP contribution is 2.12. The van der Waals surface area contributed by atoms with Crippen molar-refractivity contribution >= 4 is 23.6 Å². The summed E-state index contributed by atoms with van der Waals surface area (Å²) in [5.74, 6) is 0.444. The number of amides is 1. The summed E-state index contributed by atoms with van der Waals surface area (Å²) in [5.41, 5.74) is 7.93. The first-order valence-corrected chi connectivity index (χ1v) is 9.15. The second kappa shape index (κ2) is 10.5. The number of nitrogens with two attached hydrogens (primary N) is 1. The van der Waals surface area contributed by atoms with Crippen molar-refractivity contribution in [1.82, 2.24) is 5.32 Å². The van der Waals surface area contributed by atoms with E-state index in [1.165, 1.54) is 5.56 Å². The summed E-state index contributed by atoms with van der Waals surface area (Å²) >= 11 is 1.58. The van der Waals surface area contributed by atoms with Crippen molar-refractivity contribution in [2.24, 2.45) is 5.73 Å². The number of thioether (sulfide) groups is 1. The maximum atomic E-state index is 11.9. The second-order valence-electron chi connectivity index (χ2n) is 5.47. The average molecular weight is 361 g/mol. The van der Waals surface area contributed by atoms with E-state index in [9.17, 15) is 9.59 Å². The maximum absolute atomic E-state index is 11.9. The van der Waals surface area contributed by atoms with Crippen LogP contribution in [0.5, 0.6) is 0 Å². The number of esters is 1. The van der Waals surface area contributed by atoms with E-state index in [0.717, 1.165) is 11.3 Å². The van der Waals surface area contributed by atoms with E-state index in [4.69, 9.17) is 10.5 Å². The monoisotopic (exact) mass is 361 g/mol. The number of hydrogen-bond acceptors (Lipinski definition) is 5. The molecule has 0 unspecified atom stereocenters. The fraction of sp³-hybridized carbons (Fsp3) is 0.263. The number of carbonyl (C=O) groups excluding carboxylic acids is 2. The fourth-order valence-corrected chi connectivity index (χ4v) is 2.98. The molecule has 25 heavy (non-hydrogen) atoms. The molecule has 0 spiro atoms. The minimum Gasteiger partial charge on any atom is -0.460 e. The molecule has 0 aliphatic heterocycles. The highest BCUT2D eigenvalue weighted by atomic mass is 32.2. The first-order valence-electron chi connectivity index (χ1n) is 7.99. The Labute approximate surface area is 151 Å². The van der Waals surface area contributed by atoms with Crippen molar-refractivity contribution in [2.75, 3.05) is 12.3 Å². The summed E-state index contributed by atoms with van der Waals surface area (Å²) in [5, 5.41) is 2.52. The van der Waals surface area contributed by atoms with Gasteiger partial charge in [0.1, 0.15) is 13.2 Å². The molecule has 3 N–H and O–H groups in total. The van der Waals surface area contributed by atoms with Gasteiger partial charge in [-0.05, 0) is 11.1 Å². The van der Waals surface area contributed by atoms with Crippen LogP contribution in [0.15, 0.2) is 60.7 Å². The van der Waals surface area contributed by atoms with Crippen molar-refractivity contribution in [3.63, 3.8) is 0 Å². The molecule has 132 valence electrons. The van der Waals surface area contributed by atoms with Gasteiger partial charge in [-0.1, -0.05) is 60.7 Å². The van der Waals surface area contributed by atoms with Gasteiger partial charge in [0, 0.05) is 11.5 Å². The summed E-state index contributed by atoms with van der Waals surface area (Å²) in [6, 6.07) is 18.7. The quantitative estimate of drug-likeness (QED) is 0.406. The summed E-state index contributed by atoms with van der Waals surface area (Å²) < 4.78 is 5.10. The molecule has 5 nitrogen and oxygen atoms in total. The molecule has 1 amide bonds. The summed E-state index contributed by atoms with van der Waals surface area (Å²) in [6.45, 7) is 0.0112. The largest absolute Gasteiger partial charge is 0.460 e. The summed E-state index contributed by atoms with van der Waals surface area (Å²) in [4.78, 5) is 23.6. The Hall–Kier alpha value is -2.31. The van der Waals surface area contributed by atoms with E-state index in [1.807, 2.05) is 60.7 Å². The van der Waals surface area contributed by atoms with Gasteiger partial charge in [-0.2, -0.15) is 11.8 Å². The van der Waals surface area contributed by atoms with E-state index in [0.29, 0.717) is 5.75 Å². The van der Waals surface area contributed by atoms with E-state index >= 15 is 0 Å². The van der Waals surface area contributed by atoms with Gasteiger partial charge in [-0.25, -0.2) is 0 Å². The molecule has 6 heteroatoms. The number of rotatable bonds is 9. The van der Waals surface area contributed by atoms with Crippen LogP contribution in [0.4, 0.5) is 0 Å². The van der Waals surface area contributed by atoms with Gasteiger partial charge in [-0.3, -0.25) is 9.59 Å². The molecule has 2 aromatic rings. The Morgan fingerprint density at radius 2 is 1.60 bits per heavy atom. The highest BCUT2D eigenvalue weighted by Gasteiger charge is 2.15. The molecular formula is C19H22N2O3S. The Morgan fingerprint density at radius 3 is 2.24 bits per heavy atom. The molecule has 0 heterocycles. The van der Waals surface area contributed by atoms with Gasteiger partial charge in [0.25, 0.3) is 0 Å². The van der Waals surface area contributed by atoms with Crippen LogP contribution in [-0.2, 0) is 26.7 Å². The number of ether oxygens (including phenoxy) is 1. The van der Waals surface area contributed by atoms with Gasteiger partial charge in [-0.15, -0.1) is 0 Å². The molecule has 0 aromatic heterocycles. The normalized spacial score (nSPS) is 11.6. The molecule has 0 saturated heterocycles. The predicted octanol–water partition coefficient (Wildman–Crippen LogP) is 2.11. The van der Waals surface area contributed by atoms with Crippen LogP contribution in [0, 0.1) is 0 Å². The Kier molecular flexibility index (Phi) is 8.01. The molecule has 0 bridgehead atoms. The van der Waals surface area contributed by atoms with Crippen molar-refractivity contribution in [1.29, 1.82) is 0 Å². The van der Waals surface area contributed by atoms with Crippen molar-refractivity contribution in [3.8, 4) is 0 Å². The smallest absolute Gasteiger partial charge is 0.325 e. The molecule has 1 atom stereocenters. The van der Waals surface area contributed by atoms with Crippen molar-refractivity contribution in [3.05, 3.63) is 71.8 Å². The third-order valence-electron chi connectivity index (χ3n) is 3.40. The summed E-state index contributed by atoms with van der Waals surface area (Å²) in [7, 11) is 0. The molecule has 0 fully saturated rings. The van der Waals surface area contributed by atoms with Gasteiger partial charge in [0.05, 0.1) is 6.04 Å². The minimum atomic E-state index is -0.657. The van der Waals surface area contributed by atoms with E-state index in [-0.39, 0.29) is 19.1 Å². The zero-order chi connectivity index (χ0) is 17.9. The third kappa shape index (κ3) is 7.41. The van der Waals surface area contributed by atoms with Crippen LogP contribution in [0.25, 0.3) is 0 Å². The molecule has 0 saturated carbocycles. The lowest BCUT2D eigenvalue weighted by Crippen LogP contribution is -2.44. The first-order chi connectivity index (χ1) is 12.1. The van der Waals surface area contributed by atoms with E-state index < -0.39 is 12.0 Å². The Balaban J connectivity index is 1.61. The van der Waals surface area contributed by atoms with Crippen molar-refractivity contribution < 1.29 is 14.3 Å². The lowest BCUT2D eigenvalue weighted by molar-refractivity contribution is -0.145. The number of hydrogen-bond donors (Lipinski definition) is 2. The van der Waals surface area contributed by atoms with E-state index in [2.05, 4.69) is 5.32 Å². The summed E-state index contributed by atoms with van der Waals surface area (Å²) in [6.07, 6.45) is 0. The molecule has 0 aliphatic carbocycles. The fourth-order valence-electron chi connectivity index (χ4n) is 2.03. The molecule has 2 aromatic carbocycles. The van der Waals surface area contributed by atoms with E-state index in [1.54, 1.807) is 11.8 Å². The SMILES string of the molecule is N[C@@H](CSCc1ccccc1)C(=O)[15NH][13CH2][13C](=O)OCc1ccccc1. The number of carbonyl (C=O) groups is 2. The van der Waals surface area contributed by atoms with Crippen LogP contribution < -0.4 is 11.1 Å². The zero-order valence-corrected chi connectivity index (χ0v) is 14.7. The van der Waals surface area contributed by atoms with Gasteiger partial charge < -0.3 is 15.8 Å². The van der Waals surface area contributed by atoms with Crippen LogP contribution in [0.2, 0.25) is 0 Å². The molecule has 0 radical (unpaired) electrons. The van der Waals surface area contributed by atoms with Crippen LogP contribution in [0.1, 0.15) is 11.1 Å². The standard InChI is InChI=1S/C19H22N2O3S/c20-17(14-25-13-16-9-5-2-6-10-16)19(23)21-11-18(22)24-12-15-7-3-1-4-8-15/h1-10,17H,11-14,20H2,(H,21,23)/t17-/m0/s1/i11+1,18+1,21+1. The molecular weight excluding hydrogens is 339 g/mol. The lowest BCUT2D eigenvalue weighted by Gasteiger charge is -2.12. The van der Waals surface area contributed by atoms with Gasteiger partial charge in [0.2, 0.25) is 5.91 Å². The number of benzene rings is 2. The van der Waals surface area contributed by atoms with Crippen LogP contribution >= 0.6 is 11.8 Å². The Morgan fingerprint density at radius 1 is 1.00 bits per heavy atom. The zero-order valence-electron chi connectivity index (χ0n) is 13.9. The third-order valence-corrected chi connectivity index (χ3v) is 4.53. The average Bonchev–Trinajstić information content (AvgIpc) is 2.66. The van der Waals surface area contributed by atoms with Gasteiger partial charge in [0.15, 0.2) is 0 Å². The molecule has 0 aliphatic rings. The first kappa shape index (κ1) is 19.0.